The van der Waals surface area contributed by atoms with Crippen LogP contribution in [-0.4, -0.2) is 29.7 Å². The Kier molecular flexibility index (Phi) is 4.39. The Labute approximate surface area is 179 Å². The number of aromatic hydroxyl groups is 1. The van der Waals surface area contributed by atoms with Gasteiger partial charge in [0.15, 0.2) is 5.60 Å². The highest BCUT2D eigenvalue weighted by molar-refractivity contribution is 7.86. The molecule has 0 saturated heterocycles. The van der Waals surface area contributed by atoms with Crippen molar-refractivity contribution in [2.45, 2.75) is 5.60 Å². The van der Waals surface area contributed by atoms with Crippen LogP contribution in [0.3, 0.4) is 0 Å². The average Bonchev–Trinajstić information content (AvgIpc) is 3.37. The molecule has 0 unspecified atom stereocenters. The Hall–Kier alpha value is -3.55. The van der Waals surface area contributed by atoms with Gasteiger partial charge in [-0.3, -0.25) is 0 Å². The van der Waals surface area contributed by atoms with Crippen molar-refractivity contribution in [2.75, 3.05) is 6.26 Å². The van der Waals surface area contributed by atoms with Gasteiger partial charge in [-0.25, -0.2) is 4.18 Å². The maximum atomic E-state index is 12.7. The molecule has 0 aliphatic carbocycles. The van der Waals surface area contributed by atoms with Gasteiger partial charge in [0.25, 0.3) is 10.1 Å². The first kappa shape index (κ1) is 19.4. The predicted octanol–water partition coefficient (Wildman–Crippen LogP) is 4.62. The lowest BCUT2D eigenvalue weighted by molar-refractivity contribution is 0.169. The number of para-hydroxylation sites is 2. The maximum absolute atomic E-state index is 12.7. The van der Waals surface area contributed by atoms with Crippen LogP contribution in [0.4, 0.5) is 0 Å². The topological polar surface area (TPSA) is 95.2 Å². The van der Waals surface area contributed by atoms with Crippen LogP contribution < -0.4 is 0 Å². The zero-order chi connectivity index (χ0) is 21.6. The number of phenolic OH excluding ortho intramolecular Hbond substituents is 1. The fourth-order valence-electron chi connectivity index (χ4n) is 4.24. The molecule has 2 aromatic heterocycles. The Balaban J connectivity index is 1.96. The van der Waals surface area contributed by atoms with Crippen molar-refractivity contribution in [2.24, 2.45) is 0 Å². The summed E-state index contributed by atoms with van der Waals surface area (Å²) in [5.41, 5.74) is 2.12. The molecule has 0 amide bonds. The molecule has 31 heavy (non-hydrogen) atoms. The molecule has 156 valence electrons. The van der Waals surface area contributed by atoms with Gasteiger partial charge in [0.05, 0.1) is 6.26 Å². The fraction of sp³-hybridized carbons (Fsp3) is 0.0833. The van der Waals surface area contributed by atoms with E-state index in [1.54, 1.807) is 24.5 Å². The number of aromatic amines is 2. The highest BCUT2D eigenvalue weighted by Crippen LogP contribution is 2.47. The first-order chi connectivity index (χ1) is 14.9. The second-order valence-corrected chi connectivity index (χ2v) is 9.09. The molecule has 3 aromatic carbocycles. The molecule has 7 heteroatoms. The van der Waals surface area contributed by atoms with Gasteiger partial charge < -0.3 is 15.1 Å². The summed E-state index contributed by atoms with van der Waals surface area (Å²) in [5, 5.41) is 11.6. The fourth-order valence-corrected chi connectivity index (χ4v) is 4.97. The van der Waals surface area contributed by atoms with Crippen molar-refractivity contribution in [3.05, 3.63) is 102 Å². The van der Waals surface area contributed by atoms with Crippen LogP contribution >= 0.6 is 0 Å². The van der Waals surface area contributed by atoms with E-state index >= 15 is 0 Å². The number of hydrogen-bond donors (Lipinski definition) is 3. The van der Waals surface area contributed by atoms with Crippen molar-refractivity contribution in [3.8, 4) is 5.75 Å². The van der Waals surface area contributed by atoms with Crippen molar-refractivity contribution in [1.82, 2.24) is 9.97 Å². The van der Waals surface area contributed by atoms with E-state index in [-0.39, 0.29) is 5.75 Å². The van der Waals surface area contributed by atoms with E-state index < -0.39 is 15.7 Å². The normalized spacial score (nSPS) is 12.5. The summed E-state index contributed by atoms with van der Waals surface area (Å²) in [4.78, 5) is 6.47. The number of aromatic nitrogens is 2. The standard InChI is InChI=1S/C24H20N2O4S/c1-31(28,29)30-24(16-10-12-17(27)13-11-16,20-14-25-22-8-4-2-6-18(20)22)21-15-26-23-9-5-3-7-19(21)23/h2-15,25-27H,1H3. The van der Waals surface area contributed by atoms with Crippen LogP contribution in [-0.2, 0) is 19.9 Å². The van der Waals surface area contributed by atoms with Crippen molar-refractivity contribution in [3.63, 3.8) is 0 Å². The molecule has 0 aliphatic heterocycles. The highest BCUT2D eigenvalue weighted by Gasteiger charge is 2.44. The minimum Gasteiger partial charge on any atom is -0.508 e. The van der Waals surface area contributed by atoms with Crippen LogP contribution in [0.25, 0.3) is 21.8 Å². The third-order valence-electron chi connectivity index (χ3n) is 5.49. The molecular formula is C24H20N2O4S. The minimum absolute atomic E-state index is 0.0786. The van der Waals surface area contributed by atoms with Gasteiger partial charge in [-0.1, -0.05) is 48.5 Å². The summed E-state index contributed by atoms with van der Waals surface area (Å²) in [5.74, 6) is 0.0786. The quantitative estimate of drug-likeness (QED) is 0.353. The molecule has 0 atom stereocenters. The minimum atomic E-state index is -3.92. The summed E-state index contributed by atoms with van der Waals surface area (Å²) in [6.07, 6.45) is 4.61. The molecule has 3 N–H and O–H groups in total. The van der Waals surface area contributed by atoms with Gasteiger partial charge >= 0.3 is 0 Å². The van der Waals surface area contributed by atoms with Gasteiger partial charge in [-0.05, 0) is 29.8 Å². The summed E-state index contributed by atoms with van der Waals surface area (Å²) >= 11 is 0. The number of hydrogen-bond acceptors (Lipinski definition) is 4. The third-order valence-corrected chi connectivity index (χ3v) is 6.04. The van der Waals surface area contributed by atoms with E-state index in [2.05, 4.69) is 9.97 Å². The van der Waals surface area contributed by atoms with Crippen molar-refractivity contribution in [1.29, 1.82) is 0 Å². The zero-order valence-electron chi connectivity index (χ0n) is 16.7. The third kappa shape index (κ3) is 3.19. The Morgan fingerprint density at radius 2 is 1.26 bits per heavy atom. The summed E-state index contributed by atoms with van der Waals surface area (Å²) in [6, 6.07) is 21.8. The number of fused-ring (bicyclic) bond motifs is 2. The second kappa shape index (κ2) is 7.01. The molecule has 0 aliphatic rings. The molecular weight excluding hydrogens is 412 g/mol. The van der Waals surface area contributed by atoms with Gasteiger partial charge in [0, 0.05) is 45.3 Å². The van der Waals surface area contributed by atoms with E-state index in [1.165, 1.54) is 12.1 Å². The number of nitrogens with one attached hydrogen (secondary N) is 2. The Morgan fingerprint density at radius 1 is 0.774 bits per heavy atom. The number of benzene rings is 3. The Morgan fingerprint density at radius 3 is 1.74 bits per heavy atom. The van der Waals surface area contributed by atoms with Crippen molar-refractivity contribution < 1.29 is 17.7 Å². The molecule has 2 heterocycles. The average molecular weight is 433 g/mol. The van der Waals surface area contributed by atoms with Gasteiger partial charge in [-0.15, -0.1) is 0 Å². The van der Waals surface area contributed by atoms with E-state index in [9.17, 15) is 13.5 Å². The molecule has 6 nitrogen and oxygen atoms in total. The number of H-pyrrole nitrogens is 2. The van der Waals surface area contributed by atoms with Gasteiger partial charge in [-0.2, -0.15) is 8.42 Å². The largest absolute Gasteiger partial charge is 0.508 e. The van der Waals surface area contributed by atoms with Crippen LogP contribution in [0.1, 0.15) is 16.7 Å². The molecule has 0 bridgehead atoms. The lowest BCUT2D eigenvalue weighted by Gasteiger charge is -2.33. The first-order valence-electron chi connectivity index (χ1n) is 9.72. The molecule has 0 fully saturated rings. The van der Waals surface area contributed by atoms with E-state index in [0.717, 1.165) is 28.1 Å². The van der Waals surface area contributed by atoms with Gasteiger partial charge in [0.1, 0.15) is 5.75 Å². The lowest BCUT2D eigenvalue weighted by atomic mass is 9.80. The summed E-state index contributed by atoms with van der Waals surface area (Å²) in [7, 11) is -3.92. The van der Waals surface area contributed by atoms with E-state index in [1.807, 2.05) is 48.5 Å². The van der Waals surface area contributed by atoms with Crippen LogP contribution in [0, 0.1) is 0 Å². The second-order valence-electron chi connectivity index (χ2n) is 7.51. The molecule has 5 aromatic rings. The van der Waals surface area contributed by atoms with Gasteiger partial charge in [0.2, 0.25) is 0 Å². The summed E-state index contributed by atoms with van der Waals surface area (Å²) < 4.78 is 31.3. The molecule has 0 spiro atoms. The van der Waals surface area contributed by atoms with Crippen molar-refractivity contribution >= 4 is 31.9 Å². The SMILES string of the molecule is CS(=O)(=O)OC(c1ccc(O)cc1)(c1c[nH]c2ccccc12)c1c[nH]c2ccccc12. The smallest absolute Gasteiger partial charge is 0.265 e. The van der Waals surface area contributed by atoms with Crippen LogP contribution in [0.15, 0.2) is 85.2 Å². The molecule has 0 radical (unpaired) electrons. The number of rotatable bonds is 5. The van der Waals surface area contributed by atoms with Crippen LogP contribution in [0.5, 0.6) is 5.75 Å². The first-order valence-corrected chi connectivity index (χ1v) is 11.5. The maximum Gasteiger partial charge on any atom is 0.265 e. The lowest BCUT2D eigenvalue weighted by Crippen LogP contribution is -2.34. The monoisotopic (exact) mass is 432 g/mol. The Bertz CT molecular complexity index is 1420. The highest BCUT2D eigenvalue weighted by atomic mass is 32.2. The number of phenols is 1. The molecule has 0 saturated carbocycles. The zero-order valence-corrected chi connectivity index (χ0v) is 17.5. The van der Waals surface area contributed by atoms with Crippen LogP contribution in [0.2, 0.25) is 0 Å². The van der Waals surface area contributed by atoms with E-state index in [4.69, 9.17) is 4.18 Å². The van der Waals surface area contributed by atoms with E-state index in [0.29, 0.717) is 16.7 Å². The molecule has 5 rings (SSSR count). The summed E-state index contributed by atoms with van der Waals surface area (Å²) in [6.45, 7) is 0. The predicted molar refractivity (Wildman–Crippen MR) is 121 cm³/mol.